The molecule has 1 amide bonds. The summed E-state index contributed by atoms with van der Waals surface area (Å²) < 4.78 is 0. The summed E-state index contributed by atoms with van der Waals surface area (Å²) in [5, 5.41) is 0. The molecule has 0 bridgehead atoms. The molecule has 0 radical (unpaired) electrons. The molecule has 1 atom stereocenters. The van der Waals surface area contributed by atoms with E-state index in [1.807, 2.05) is 12.1 Å². The summed E-state index contributed by atoms with van der Waals surface area (Å²) in [6.45, 7) is 2.48. The highest BCUT2D eigenvalue weighted by atomic mass is 16.1. The summed E-state index contributed by atoms with van der Waals surface area (Å²) in [6, 6.07) is 8.66. The average Bonchev–Trinajstić information content (AvgIpc) is 3.09. The lowest BCUT2D eigenvalue weighted by atomic mass is 9.97. The van der Waals surface area contributed by atoms with E-state index in [-0.39, 0.29) is 5.91 Å². The van der Waals surface area contributed by atoms with Crippen LogP contribution in [-0.4, -0.2) is 29.9 Å². The molecule has 1 aromatic carbocycles. The van der Waals surface area contributed by atoms with Crippen LogP contribution in [0.3, 0.4) is 0 Å². The number of hydrogen-bond donors (Lipinski definition) is 1. The quantitative estimate of drug-likeness (QED) is 0.915. The van der Waals surface area contributed by atoms with Crippen LogP contribution in [0.2, 0.25) is 0 Å². The minimum Gasteiger partial charge on any atom is -0.366 e. The van der Waals surface area contributed by atoms with Crippen molar-refractivity contribution in [2.75, 3.05) is 13.1 Å². The Bertz CT molecular complexity index is 480. The number of primary amides is 1. The first-order valence-corrected chi connectivity index (χ1v) is 7.85. The van der Waals surface area contributed by atoms with Crippen LogP contribution in [0.1, 0.15) is 48.0 Å². The van der Waals surface area contributed by atoms with Gasteiger partial charge in [0, 0.05) is 18.2 Å². The maximum atomic E-state index is 11.2. The molecular weight excluding hydrogens is 248 g/mol. The molecule has 2 fully saturated rings. The van der Waals surface area contributed by atoms with Gasteiger partial charge in [0.2, 0.25) is 5.91 Å². The Balaban J connectivity index is 1.58. The maximum absolute atomic E-state index is 11.2. The second kappa shape index (κ2) is 5.96. The number of nitrogens with two attached hydrogens (primary N) is 1. The summed E-state index contributed by atoms with van der Waals surface area (Å²) >= 11 is 0. The van der Waals surface area contributed by atoms with Crippen molar-refractivity contribution in [1.82, 2.24) is 4.90 Å². The summed E-state index contributed by atoms with van der Waals surface area (Å²) in [4.78, 5) is 13.9. The summed E-state index contributed by atoms with van der Waals surface area (Å²) in [5.74, 6) is 0.407. The molecule has 2 aliphatic rings. The smallest absolute Gasteiger partial charge is 0.248 e. The fourth-order valence-corrected chi connectivity index (χ4v) is 3.82. The number of carbonyl (C=O) groups excluding carboxylic acids is 1. The molecule has 2 N–H and O–H groups in total. The molecule has 0 aromatic heterocycles. The molecular formula is C17H24N2O. The molecule has 1 aliphatic carbocycles. The highest BCUT2D eigenvalue weighted by molar-refractivity contribution is 5.92. The molecule has 1 unspecified atom stereocenters. The number of nitrogens with zero attached hydrogens (tertiary/aromatic N) is 1. The predicted octanol–water partition coefficient (Wildman–Crippen LogP) is 2.59. The first-order valence-electron chi connectivity index (χ1n) is 7.85. The lowest BCUT2D eigenvalue weighted by Gasteiger charge is -2.23. The average molecular weight is 272 g/mol. The minimum atomic E-state index is -0.328. The standard InChI is InChI=1S/C17H24N2O/c18-17(20)15-5-3-4-13(11-15)10-14-8-9-19(12-14)16-6-1-2-7-16/h3-5,11,14,16H,1-2,6-10,12H2,(H2,18,20). The molecule has 1 saturated carbocycles. The number of rotatable bonds is 4. The molecule has 1 aromatic rings. The van der Waals surface area contributed by atoms with E-state index in [1.54, 1.807) is 6.07 Å². The van der Waals surface area contributed by atoms with Crippen LogP contribution in [0.5, 0.6) is 0 Å². The topological polar surface area (TPSA) is 46.3 Å². The highest BCUT2D eigenvalue weighted by Gasteiger charge is 2.29. The Morgan fingerprint density at radius 1 is 1.25 bits per heavy atom. The van der Waals surface area contributed by atoms with Crippen molar-refractivity contribution >= 4 is 5.91 Å². The fourth-order valence-electron chi connectivity index (χ4n) is 3.82. The molecule has 108 valence electrons. The first kappa shape index (κ1) is 13.6. The van der Waals surface area contributed by atoms with Crippen LogP contribution in [0, 0.1) is 5.92 Å². The van der Waals surface area contributed by atoms with Gasteiger partial charge < -0.3 is 10.6 Å². The molecule has 3 heteroatoms. The second-order valence-corrected chi connectivity index (χ2v) is 6.36. The van der Waals surface area contributed by atoms with E-state index in [9.17, 15) is 4.79 Å². The number of hydrogen-bond acceptors (Lipinski definition) is 2. The van der Waals surface area contributed by atoms with Crippen LogP contribution in [0.15, 0.2) is 24.3 Å². The van der Waals surface area contributed by atoms with E-state index >= 15 is 0 Å². The van der Waals surface area contributed by atoms with E-state index < -0.39 is 0 Å². The fraction of sp³-hybridized carbons (Fsp3) is 0.588. The van der Waals surface area contributed by atoms with Gasteiger partial charge in [-0.05, 0) is 55.8 Å². The van der Waals surface area contributed by atoms with Gasteiger partial charge in [-0.1, -0.05) is 25.0 Å². The predicted molar refractivity (Wildman–Crippen MR) is 80.6 cm³/mol. The molecule has 3 nitrogen and oxygen atoms in total. The third kappa shape index (κ3) is 3.04. The van der Waals surface area contributed by atoms with Gasteiger partial charge in [0.05, 0.1) is 0 Å². The van der Waals surface area contributed by atoms with Crippen LogP contribution in [-0.2, 0) is 6.42 Å². The Kier molecular flexibility index (Phi) is 4.06. The van der Waals surface area contributed by atoms with E-state index in [1.165, 1.54) is 50.8 Å². The molecule has 1 saturated heterocycles. The number of likely N-dealkylation sites (tertiary alicyclic amines) is 1. The molecule has 1 heterocycles. The Labute approximate surface area is 121 Å². The van der Waals surface area contributed by atoms with Crippen LogP contribution in [0.4, 0.5) is 0 Å². The zero-order chi connectivity index (χ0) is 13.9. The van der Waals surface area contributed by atoms with Gasteiger partial charge in [-0.2, -0.15) is 0 Å². The SMILES string of the molecule is NC(=O)c1cccc(CC2CCN(C3CCCC3)C2)c1. The zero-order valence-electron chi connectivity index (χ0n) is 12.1. The number of carbonyl (C=O) groups is 1. The summed E-state index contributed by atoms with van der Waals surface area (Å²) in [5.41, 5.74) is 7.23. The van der Waals surface area contributed by atoms with Crippen molar-refractivity contribution in [2.24, 2.45) is 11.7 Å². The lowest BCUT2D eigenvalue weighted by Crippen LogP contribution is -2.31. The van der Waals surface area contributed by atoms with Crippen molar-refractivity contribution in [3.05, 3.63) is 35.4 Å². The van der Waals surface area contributed by atoms with E-state index in [0.29, 0.717) is 5.56 Å². The van der Waals surface area contributed by atoms with E-state index in [4.69, 9.17) is 5.73 Å². The van der Waals surface area contributed by atoms with Crippen molar-refractivity contribution in [3.63, 3.8) is 0 Å². The van der Waals surface area contributed by atoms with Gasteiger partial charge >= 0.3 is 0 Å². The second-order valence-electron chi connectivity index (χ2n) is 6.36. The van der Waals surface area contributed by atoms with Gasteiger partial charge in [-0.3, -0.25) is 4.79 Å². The van der Waals surface area contributed by atoms with Gasteiger partial charge in [0.1, 0.15) is 0 Å². The van der Waals surface area contributed by atoms with Crippen LogP contribution in [0.25, 0.3) is 0 Å². The normalized spacial score (nSPS) is 24.3. The highest BCUT2D eigenvalue weighted by Crippen LogP contribution is 2.29. The summed E-state index contributed by atoms with van der Waals surface area (Å²) in [7, 11) is 0. The molecule has 3 rings (SSSR count). The van der Waals surface area contributed by atoms with E-state index in [0.717, 1.165) is 18.4 Å². The van der Waals surface area contributed by atoms with Gasteiger partial charge in [0.25, 0.3) is 0 Å². The van der Waals surface area contributed by atoms with Crippen LogP contribution < -0.4 is 5.73 Å². The Hall–Kier alpha value is -1.35. The largest absolute Gasteiger partial charge is 0.366 e. The van der Waals surface area contributed by atoms with Crippen molar-refractivity contribution in [2.45, 2.75) is 44.6 Å². The number of amides is 1. The van der Waals surface area contributed by atoms with Gasteiger partial charge in [0.15, 0.2) is 0 Å². The van der Waals surface area contributed by atoms with Crippen LogP contribution >= 0.6 is 0 Å². The number of benzene rings is 1. The van der Waals surface area contributed by atoms with Crippen molar-refractivity contribution in [1.29, 1.82) is 0 Å². The monoisotopic (exact) mass is 272 g/mol. The van der Waals surface area contributed by atoms with Crippen molar-refractivity contribution in [3.8, 4) is 0 Å². The molecule has 1 aliphatic heterocycles. The molecule has 20 heavy (non-hydrogen) atoms. The molecule has 0 spiro atoms. The van der Waals surface area contributed by atoms with Gasteiger partial charge in [-0.15, -0.1) is 0 Å². The van der Waals surface area contributed by atoms with Crippen molar-refractivity contribution < 1.29 is 4.79 Å². The minimum absolute atomic E-state index is 0.328. The van der Waals surface area contributed by atoms with Gasteiger partial charge in [-0.25, -0.2) is 0 Å². The lowest BCUT2D eigenvalue weighted by molar-refractivity contribution is 0.1000. The summed E-state index contributed by atoms with van der Waals surface area (Å²) in [6.07, 6.45) is 7.97. The maximum Gasteiger partial charge on any atom is 0.248 e. The zero-order valence-corrected chi connectivity index (χ0v) is 12.1. The Morgan fingerprint density at radius 2 is 2.05 bits per heavy atom. The third-order valence-corrected chi connectivity index (χ3v) is 4.89. The van der Waals surface area contributed by atoms with E-state index in [2.05, 4.69) is 11.0 Å². The third-order valence-electron chi connectivity index (χ3n) is 4.89. The Morgan fingerprint density at radius 3 is 2.80 bits per heavy atom. The first-order chi connectivity index (χ1) is 9.72.